The van der Waals surface area contributed by atoms with Crippen LogP contribution < -0.4 is 0 Å². The number of aryl methyl sites for hydroxylation is 2. The van der Waals surface area contributed by atoms with Crippen LogP contribution in [0.1, 0.15) is 30.4 Å². The molecule has 2 rings (SSSR count). The number of piperidine rings is 1. The monoisotopic (exact) mass is 319 g/mol. The minimum absolute atomic E-state index is 0.0212. The van der Waals surface area contributed by atoms with Crippen molar-refractivity contribution in [2.45, 2.75) is 32.6 Å². The molecule has 0 spiro atoms. The number of hydrogen-bond donors (Lipinski definition) is 1. The van der Waals surface area contributed by atoms with Gasteiger partial charge in [0.15, 0.2) is 0 Å². The Morgan fingerprint density at radius 1 is 1.39 bits per heavy atom. The van der Waals surface area contributed by atoms with Gasteiger partial charge in [-0.2, -0.15) is 0 Å². The average molecular weight is 319 g/mol. The molecule has 1 heterocycles. The van der Waals surface area contributed by atoms with Crippen molar-refractivity contribution in [1.82, 2.24) is 4.90 Å². The molecule has 126 valence electrons. The van der Waals surface area contributed by atoms with Crippen molar-refractivity contribution in [3.63, 3.8) is 0 Å². The third kappa shape index (κ3) is 4.32. The summed E-state index contributed by atoms with van der Waals surface area (Å²) < 4.78 is 5.10. The Kier molecular flexibility index (Phi) is 5.77. The molecular weight excluding hydrogens is 294 g/mol. The highest BCUT2D eigenvalue weighted by Gasteiger charge is 2.43. The van der Waals surface area contributed by atoms with Crippen molar-refractivity contribution >= 4 is 11.9 Å². The Hall–Kier alpha value is -1.88. The third-order valence-corrected chi connectivity index (χ3v) is 4.51. The highest BCUT2D eigenvalue weighted by molar-refractivity contribution is 5.80. The van der Waals surface area contributed by atoms with Crippen molar-refractivity contribution in [2.24, 2.45) is 5.41 Å². The van der Waals surface area contributed by atoms with Gasteiger partial charge in [-0.15, -0.1) is 0 Å². The molecule has 1 saturated heterocycles. The van der Waals surface area contributed by atoms with Crippen molar-refractivity contribution in [3.05, 3.63) is 35.4 Å². The molecule has 1 atom stereocenters. The average Bonchev–Trinajstić information content (AvgIpc) is 2.53. The van der Waals surface area contributed by atoms with Crippen LogP contribution in [0, 0.1) is 12.3 Å². The molecular formula is C18H25NO4. The highest BCUT2D eigenvalue weighted by Crippen LogP contribution is 2.31. The number of rotatable bonds is 6. The van der Waals surface area contributed by atoms with Gasteiger partial charge in [-0.1, -0.05) is 29.8 Å². The molecule has 1 fully saturated rings. The fraction of sp³-hybridized carbons (Fsp3) is 0.556. The summed E-state index contributed by atoms with van der Waals surface area (Å²) in [5.41, 5.74) is 1.35. The van der Waals surface area contributed by atoms with Gasteiger partial charge in [0.25, 0.3) is 0 Å². The number of benzene rings is 1. The number of aliphatic carboxylic acids is 1. The first-order valence-corrected chi connectivity index (χ1v) is 8.02. The number of hydrogen-bond acceptors (Lipinski definition) is 3. The Morgan fingerprint density at radius 2 is 2.17 bits per heavy atom. The lowest BCUT2D eigenvalue weighted by Crippen LogP contribution is -2.52. The Balaban J connectivity index is 1.97. The molecule has 1 aromatic rings. The van der Waals surface area contributed by atoms with E-state index in [2.05, 4.69) is 6.07 Å². The molecule has 0 radical (unpaired) electrons. The molecule has 5 heteroatoms. The second-order valence-corrected chi connectivity index (χ2v) is 6.43. The van der Waals surface area contributed by atoms with Gasteiger partial charge in [-0.3, -0.25) is 9.59 Å². The summed E-state index contributed by atoms with van der Waals surface area (Å²) >= 11 is 0. The molecule has 5 nitrogen and oxygen atoms in total. The first kappa shape index (κ1) is 17.5. The topological polar surface area (TPSA) is 66.8 Å². The summed E-state index contributed by atoms with van der Waals surface area (Å²) in [7, 11) is 1.50. The standard InChI is InChI=1S/C18H25NO4/c1-14-5-3-6-15(11-14)7-8-16(20)19-10-4-9-18(12-19,13-23-2)17(21)22/h3,5-6,11H,4,7-10,12-13H2,1-2H3,(H,21,22). The Bertz CT molecular complexity index is 568. The molecule has 1 aliphatic rings. The largest absolute Gasteiger partial charge is 0.481 e. The second-order valence-electron chi connectivity index (χ2n) is 6.43. The Labute approximate surface area is 137 Å². The van der Waals surface area contributed by atoms with E-state index in [1.165, 1.54) is 12.7 Å². The van der Waals surface area contributed by atoms with Gasteiger partial charge in [-0.25, -0.2) is 0 Å². The van der Waals surface area contributed by atoms with E-state index in [4.69, 9.17) is 4.74 Å². The van der Waals surface area contributed by atoms with Gasteiger partial charge in [-0.05, 0) is 31.7 Å². The zero-order chi connectivity index (χ0) is 16.9. The van der Waals surface area contributed by atoms with E-state index in [-0.39, 0.29) is 19.1 Å². The number of ether oxygens (including phenoxy) is 1. The molecule has 0 saturated carbocycles. The molecule has 1 N–H and O–H groups in total. The van der Waals surface area contributed by atoms with Gasteiger partial charge in [0, 0.05) is 26.6 Å². The second kappa shape index (κ2) is 7.59. The lowest BCUT2D eigenvalue weighted by molar-refractivity contribution is -0.159. The smallest absolute Gasteiger partial charge is 0.313 e. The van der Waals surface area contributed by atoms with Crippen LogP contribution in [-0.4, -0.2) is 48.7 Å². The number of carbonyl (C=O) groups is 2. The summed E-state index contributed by atoms with van der Waals surface area (Å²) in [6.07, 6.45) is 2.34. The van der Waals surface area contributed by atoms with Gasteiger partial charge >= 0.3 is 5.97 Å². The van der Waals surface area contributed by atoms with E-state index >= 15 is 0 Å². The summed E-state index contributed by atoms with van der Waals surface area (Å²) in [5.74, 6) is -0.858. The number of nitrogens with zero attached hydrogens (tertiary/aromatic N) is 1. The van der Waals surface area contributed by atoms with Crippen LogP contribution >= 0.6 is 0 Å². The van der Waals surface area contributed by atoms with Gasteiger partial charge < -0.3 is 14.7 Å². The predicted molar refractivity (Wildman–Crippen MR) is 87.3 cm³/mol. The van der Waals surface area contributed by atoms with E-state index in [1.807, 2.05) is 25.1 Å². The SMILES string of the molecule is COCC1(C(=O)O)CCCN(C(=O)CCc2cccc(C)c2)C1. The molecule has 1 aliphatic heterocycles. The molecule has 0 aromatic heterocycles. The van der Waals surface area contributed by atoms with Gasteiger partial charge in [0.1, 0.15) is 5.41 Å². The van der Waals surface area contributed by atoms with Crippen molar-refractivity contribution in [1.29, 1.82) is 0 Å². The van der Waals surface area contributed by atoms with E-state index in [9.17, 15) is 14.7 Å². The molecule has 1 unspecified atom stereocenters. The van der Waals surface area contributed by atoms with Crippen LogP contribution in [0.5, 0.6) is 0 Å². The maximum absolute atomic E-state index is 12.5. The van der Waals surface area contributed by atoms with Crippen molar-refractivity contribution in [2.75, 3.05) is 26.8 Å². The Morgan fingerprint density at radius 3 is 2.83 bits per heavy atom. The summed E-state index contributed by atoms with van der Waals surface area (Å²) in [5, 5.41) is 9.54. The summed E-state index contributed by atoms with van der Waals surface area (Å²) in [4.78, 5) is 25.8. The normalized spacial score (nSPS) is 21.2. The number of carboxylic acid groups (broad SMARTS) is 1. The van der Waals surface area contributed by atoms with Gasteiger partial charge in [0.05, 0.1) is 6.61 Å². The van der Waals surface area contributed by atoms with Crippen LogP contribution in [0.3, 0.4) is 0 Å². The van der Waals surface area contributed by atoms with E-state index in [0.717, 1.165) is 5.56 Å². The van der Waals surface area contributed by atoms with Crippen LogP contribution in [0.4, 0.5) is 0 Å². The number of amides is 1. The van der Waals surface area contributed by atoms with Crippen LogP contribution in [-0.2, 0) is 20.7 Å². The maximum Gasteiger partial charge on any atom is 0.313 e. The fourth-order valence-corrected chi connectivity index (χ4v) is 3.25. The summed E-state index contributed by atoms with van der Waals surface area (Å²) in [6, 6.07) is 8.12. The van der Waals surface area contributed by atoms with E-state index in [1.54, 1.807) is 4.90 Å². The van der Waals surface area contributed by atoms with Gasteiger partial charge in [0.2, 0.25) is 5.91 Å². The zero-order valence-electron chi connectivity index (χ0n) is 13.9. The predicted octanol–water partition coefficient (Wildman–Crippen LogP) is 2.27. The number of likely N-dealkylation sites (tertiary alicyclic amines) is 1. The molecule has 0 bridgehead atoms. The maximum atomic E-state index is 12.5. The fourth-order valence-electron chi connectivity index (χ4n) is 3.25. The number of carbonyl (C=O) groups excluding carboxylic acids is 1. The first-order valence-electron chi connectivity index (χ1n) is 8.02. The number of carboxylic acids is 1. The van der Waals surface area contributed by atoms with E-state index in [0.29, 0.717) is 32.2 Å². The highest BCUT2D eigenvalue weighted by atomic mass is 16.5. The first-order chi connectivity index (χ1) is 11.0. The van der Waals surface area contributed by atoms with Crippen LogP contribution in [0.15, 0.2) is 24.3 Å². The van der Waals surface area contributed by atoms with Crippen molar-refractivity contribution in [3.8, 4) is 0 Å². The van der Waals surface area contributed by atoms with Crippen molar-refractivity contribution < 1.29 is 19.4 Å². The van der Waals surface area contributed by atoms with E-state index < -0.39 is 11.4 Å². The summed E-state index contributed by atoms with van der Waals surface area (Å²) in [6.45, 7) is 3.04. The molecule has 0 aliphatic carbocycles. The minimum atomic E-state index is -0.966. The zero-order valence-corrected chi connectivity index (χ0v) is 13.9. The van der Waals surface area contributed by atoms with Crippen LogP contribution in [0.2, 0.25) is 0 Å². The quantitative estimate of drug-likeness (QED) is 0.873. The lowest BCUT2D eigenvalue weighted by Gasteiger charge is -2.39. The molecule has 1 aromatic carbocycles. The molecule has 23 heavy (non-hydrogen) atoms. The van der Waals surface area contributed by atoms with Crippen LogP contribution in [0.25, 0.3) is 0 Å². The number of methoxy groups -OCH3 is 1. The molecule has 1 amide bonds. The third-order valence-electron chi connectivity index (χ3n) is 4.51. The minimum Gasteiger partial charge on any atom is -0.481 e. The lowest BCUT2D eigenvalue weighted by atomic mass is 9.80.